The zero-order valence-corrected chi connectivity index (χ0v) is 19.9. The maximum absolute atomic E-state index is 12.5. The van der Waals surface area contributed by atoms with E-state index in [9.17, 15) is 13.2 Å². The van der Waals surface area contributed by atoms with Crippen LogP contribution in [0.1, 0.15) is 17.5 Å². The number of urea groups is 1. The van der Waals surface area contributed by atoms with Crippen LogP contribution in [0.15, 0.2) is 59.6 Å². The van der Waals surface area contributed by atoms with Crippen LogP contribution in [0.5, 0.6) is 0 Å². The Bertz CT molecular complexity index is 1380. The van der Waals surface area contributed by atoms with E-state index in [-0.39, 0.29) is 24.0 Å². The van der Waals surface area contributed by atoms with E-state index in [0.717, 1.165) is 5.56 Å². The summed E-state index contributed by atoms with van der Waals surface area (Å²) in [5.41, 5.74) is 2.90. The molecule has 3 aromatic rings. The van der Waals surface area contributed by atoms with Gasteiger partial charge in [0.05, 0.1) is 23.2 Å². The first-order valence-electron chi connectivity index (χ1n) is 11.0. The topological polar surface area (TPSA) is 137 Å². The molecule has 4 rings (SSSR count). The van der Waals surface area contributed by atoms with Crippen molar-refractivity contribution >= 4 is 39.2 Å². The second-order valence-corrected chi connectivity index (χ2v) is 9.53. The zero-order valence-electron chi connectivity index (χ0n) is 19.1. The van der Waals surface area contributed by atoms with Gasteiger partial charge in [-0.2, -0.15) is 4.98 Å². The Balaban J connectivity index is 1.45. The van der Waals surface area contributed by atoms with Crippen LogP contribution in [0.2, 0.25) is 0 Å². The van der Waals surface area contributed by atoms with E-state index >= 15 is 0 Å². The van der Waals surface area contributed by atoms with Crippen molar-refractivity contribution in [3.05, 3.63) is 65.9 Å². The van der Waals surface area contributed by atoms with E-state index in [2.05, 4.69) is 47.8 Å². The minimum absolute atomic E-state index is 0.131. The lowest BCUT2D eigenvalue weighted by Gasteiger charge is -2.10. The summed E-state index contributed by atoms with van der Waals surface area (Å²) in [6, 6.07) is 13.6. The molecule has 180 valence electrons. The molecule has 1 aliphatic rings. The van der Waals surface area contributed by atoms with Gasteiger partial charge in [0.1, 0.15) is 5.82 Å². The van der Waals surface area contributed by atoms with Crippen molar-refractivity contribution in [1.29, 1.82) is 0 Å². The number of benzene rings is 2. The maximum atomic E-state index is 12.5. The Morgan fingerprint density at radius 2 is 1.97 bits per heavy atom. The van der Waals surface area contributed by atoms with Crippen molar-refractivity contribution in [2.45, 2.75) is 18.2 Å². The summed E-state index contributed by atoms with van der Waals surface area (Å²) in [6.07, 6.45) is 2.12. The van der Waals surface area contributed by atoms with Crippen LogP contribution in [-0.2, 0) is 10.0 Å². The van der Waals surface area contributed by atoms with Crippen LogP contribution >= 0.6 is 0 Å². The predicted molar refractivity (Wildman–Crippen MR) is 135 cm³/mol. The highest BCUT2D eigenvalue weighted by atomic mass is 32.2. The Kier molecular flexibility index (Phi) is 7.45. The fourth-order valence-electron chi connectivity index (χ4n) is 3.20. The van der Waals surface area contributed by atoms with Crippen molar-refractivity contribution in [1.82, 2.24) is 20.0 Å². The van der Waals surface area contributed by atoms with E-state index in [1.807, 2.05) is 31.2 Å². The number of amides is 2. The zero-order chi connectivity index (χ0) is 24.7. The predicted octanol–water partition coefficient (Wildman–Crippen LogP) is 2.80. The van der Waals surface area contributed by atoms with Crippen LogP contribution in [0.3, 0.4) is 0 Å². The summed E-state index contributed by atoms with van der Waals surface area (Å²) in [4.78, 5) is 21.0. The number of rotatable bonds is 2. The van der Waals surface area contributed by atoms with Crippen molar-refractivity contribution in [2.75, 3.05) is 35.6 Å². The van der Waals surface area contributed by atoms with Gasteiger partial charge >= 0.3 is 6.03 Å². The number of fused-ring (bicyclic) bond motifs is 4. The first-order chi connectivity index (χ1) is 16.9. The highest BCUT2D eigenvalue weighted by molar-refractivity contribution is 7.89. The number of anilines is 4. The molecule has 2 heterocycles. The van der Waals surface area contributed by atoms with Crippen LogP contribution in [0.25, 0.3) is 0 Å². The van der Waals surface area contributed by atoms with Crippen LogP contribution in [0.4, 0.5) is 27.9 Å². The Hall–Kier alpha value is -4.14. The van der Waals surface area contributed by atoms with Gasteiger partial charge in [-0.1, -0.05) is 35.6 Å². The molecule has 0 unspecified atom stereocenters. The van der Waals surface area contributed by atoms with Gasteiger partial charge in [0.2, 0.25) is 16.0 Å². The largest absolute Gasteiger partial charge is 0.369 e. The Labute approximate surface area is 204 Å². The molecule has 2 aromatic carbocycles. The minimum atomic E-state index is -3.61. The van der Waals surface area contributed by atoms with Gasteiger partial charge in [-0.3, -0.25) is 0 Å². The second-order valence-electron chi connectivity index (χ2n) is 7.76. The molecule has 35 heavy (non-hydrogen) atoms. The summed E-state index contributed by atoms with van der Waals surface area (Å²) in [6.45, 7) is 2.85. The molecule has 11 heteroatoms. The second kappa shape index (κ2) is 10.9. The first kappa shape index (κ1) is 24.0. The number of carbonyl (C=O) groups excluding carboxylic acids is 1. The molecule has 0 radical (unpaired) electrons. The molecule has 5 N–H and O–H groups in total. The highest BCUT2D eigenvalue weighted by Crippen LogP contribution is 2.20. The third-order valence-corrected chi connectivity index (χ3v) is 6.46. The molecule has 10 nitrogen and oxygen atoms in total. The van der Waals surface area contributed by atoms with Gasteiger partial charge in [-0.05, 0) is 43.7 Å². The Morgan fingerprint density at radius 1 is 1.14 bits per heavy atom. The van der Waals surface area contributed by atoms with Gasteiger partial charge in [-0.25, -0.2) is 22.9 Å². The molecule has 1 aromatic heterocycles. The van der Waals surface area contributed by atoms with Crippen molar-refractivity contribution < 1.29 is 13.2 Å². The Morgan fingerprint density at radius 3 is 2.80 bits per heavy atom. The first-order valence-corrected chi connectivity index (χ1v) is 12.5. The molecule has 4 bridgehead atoms. The SMILES string of the molecule is Cc1ccc(NC(=O)NCC#Cc2cnc3nc2NCCCNS(=O)(=O)c2cccc(c2)N3)cc1. The average Bonchev–Trinajstić information content (AvgIpc) is 2.84. The third-order valence-electron chi connectivity index (χ3n) is 5.00. The van der Waals surface area contributed by atoms with Gasteiger partial charge in [0.15, 0.2) is 0 Å². The van der Waals surface area contributed by atoms with E-state index in [1.165, 1.54) is 12.1 Å². The van der Waals surface area contributed by atoms with E-state index in [4.69, 9.17) is 0 Å². The molecular weight excluding hydrogens is 466 g/mol. The number of nitrogens with one attached hydrogen (secondary N) is 5. The van der Waals surface area contributed by atoms with E-state index in [1.54, 1.807) is 18.3 Å². The molecule has 0 saturated heterocycles. The smallest absolute Gasteiger partial charge is 0.319 e. The number of hydrogen-bond donors (Lipinski definition) is 5. The van der Waals surface area contributed by atoms with Crippen LogP contribution in [-0.4, -0.2) is 44.1 Å². The number of hydrogen-bond acceptors (Lipinski definition) is 7. The van der Waals surface area contributed by atoms with Crippen LogP contribution in [0, 0.1) is 18.8 Å². The molecule has 0 saturated carbocycles. The van der Waals surface area contributed by atoms with Crippen molar-refractivity contribution in [3.8, 4) is 11.8 Å². The lowest BCUT2D eigenvalue weighted by Crippen LogP contribution is -2.28. The van der Waals surface area contributed by atoms with Gasteiger partial charge < -0.3 is 21.3 Å². The number of aryl methyl sites for hydroxylation is 1. The number of aromatic nitrogens is 2. The molecule has 2 amide bonds. The van der Waals surface area contributed by atoms with Crippen molar-refractivity contribution in [2.24, 2.45) is 0 Å². The fourth-order valence-corrected chi connectivity index (χ4v) is 4.32. The number of sulfonamides is 1. The van der Waals surface area contributed by atoms with Gasteiger partial charge in [0, 0.05) is 24.5 Å². The fraction of sp³-hybridized carbons (Fsp3) is 0.208. The summed E-state index contributed by atoms with van der Waals surface area (Å²) in [7, 11) is -3.61. The average molecular weight is 492 g/mol. The molecule has 1 aliphatic heterocycles. The van der Waals surface area contributed by atoms with Crippen LogP contribution < -0.4 is 26.0 Å². The van der Waals surface area contributed by atoms with E-state index < -0.39 is 10.0 Å². The normalized spacial score (nSPS) is 14.3. The molecule has 0 spiro atoms. The van der Waals surface area contributed by atoms with Gasteiger partial charge in [0.25, 0.3) is 0 Å². The quantitative estimate of drug-likeness (QED) is 0.348. The monoisotopic (exact) mass is 491 g/mol. The summed E-state index contributed by atoms with van der Waals surface area (Å²) in [5, 5.41) is 11.7. The third kappa shape index (κ3) is 6.69. The summed E-state index contributed by atoms with van der Waals surface area (Å²) >= 11 is 0. The van der Waals surface area contributed by atoms with Crippen molar-refractivity contribution in [3.63, 3.8) is 0 Å². The lowest BCUT2D eigenvalue weighted by atomic mass is 10.2. The number of carbonyl (C=O) groups is 1. The maximum Gasteiger partial charge on any atom is 0.319 e. The minimum Gasteiger partial charge on any atom is -0.369 e. The highest BCUT2D eigenvalue weighted by Gasteiger charge is 2.15. The molecule has 0 atom stereocenters. The summed E-state index contributed by atoms with van der Waals surface area (Å²) < 4.78 is 27.5. The lowest BCUT2D eigenvalue weighted by molar-refractivity contribution is 0.253. The molecule has 0 aliphatic carbocycles. The summed E-state index contributed by atoms with van der Waals surface area (Å²) in [5.74, 6) is 6.69. The number of nitrogens with zero attached hydrogens (tertiary/aromatic N) is 2. The molecule has 0 fully saturated rings. The standard InChI is InChI=1S/C24H25N7O3S/c1-17-8-10-19(11-9-17)30-24(32)26-12-3-5-18-16-27-23-29-20-6-2-7-21(15-20)35(33,34)28-14-4-13-25-22(18)31-23/h2,6-11,15-16,28H,4,12-14H2,1H3,(H2,26,30,32)(H2,25,27,29,31). The van der Waals surface area contributed by atoms with Gasteiger partial charge in [-0.15, -0.1) is 0 Å². The molecular formula is C24H25N7O3S. The van der Waals surface area contributed by atoms with E-state index in [0.29, 0.717) is 41.7 Å².